The molecule has 0 aliphatic carbocycles. The molecule has 9 aromatic carbocycles. The zero-order chi connectivity index (χ0) is 36.0. The Bertz CT molecular complexity index is 3430. The van der Waals surface area contributed by atoms with Crippen LogP contribution in [0.1, 0.15) is 0 Å². The molecule has 55 heavy (non-hydrogen) atoms. The molecule has 0 bridgehead atoms. The van der Waals surface area contributed by atoms with Crippen molar-refractivity contribution in [2.24, 2.45) is 0 Å². The van der Waals surface area contributed by atoms with Crippen LogP contribution in [0, 0.1) is 0 Å². The predicted octanol–water partition coefficient (Wildman–Crippen LogP) is 15.2. The van der Waals surface area contributed by atoms with E-state index in [9.17, 15) is 0 Å². The van der Waals surface area contributed by atoms with Crippen LogP contribution in [-0.4, -0.2) is 0 Å². The number of fused-ring (bicyclic) bond motifs is 10. The Kier molecular flexibility index (Phi) is 6.34. The Morgan fingerprint density at radius 2 is 0.818 bits per heavy atom. The third kappa shape index (κ3) is 4.38. The first-order chi connectivity index (χ1) is 27.3. The maximum Gasteiger partial charge on any atom is 0.147 e. The fourth-order valence-corrected chi connectivity index (χ4v) is 8.99. The zero-order valence-corrected chi connectivity index (χ0v) is 29.5. The van der Waals surface area contributed by atoms with Crippen LogP contribution in [0.3, 0.4) is 0 Å². The van der Waals surface area contributed by atoms with Gasteiger partial charge in [-0.05, 0) is 90.8 Å². The number of para-hydroxylation sites is 2. The van der Waals surface area contributed by atoms with Crippen molar-refractivity contribution < 1.29 is 13.3 Å². The van der Waals surface area contributed by atoms with Crippen molar-refractivity contribution in [3.63, 3.8) is 0 Å². The van der Waals surface area contributed by atoms with Crippen molar-refractivity contribution in [1.82, 2.24) is 0 Å². The summed E-state index contributed by atoms with van der Waals surface area (Å²) < 4.78 is 19.0. The van der Waals surface area contributed by atoms with Gasteiger partial charge in [0.15, 0.2) is 0 Å². The van der Waals surface area contributed by atoms with Gasteiger partial charge in [-0.3, -0.25) is 0 Å². The molecule has 0 atom stereocenters. The summed E-state index contributed by atoms with van der Waals surface area (Å²) in [5, 5.41) is 10.3. The van der Waals surface area contributed by atoms with Gasteiger partial charge in [0, 0.05) is 27.1 Å². The first-order valence-electron chi connectivity index (χ1n) is 18.7. The van der Waals surface area contributed by atoms with Gasteiger partial charge in [-0.1, -0.05) is 146 Å². The quantitative estimate of drug-likeness (QED) is 0.171. The average molecular weight is 703 g/mol. The third-order valence-corrected chi connectivity index (χ3v) is 11.4. The van der Waals surface area contributed by atoms with E-state index in [1.165, 1.54) is 43.8 Å². The molecule has 0 aliphatic heterocycles. The molecule has 0 unspecified atom stereocenters. The van der Waals surface area contributed by atoms with E-state index in [0.717, 1.165) is 77.1 Å². The van der Waals surface area contributed by atoms with Crippen LogP contribution in [0.4, 0.5) is 0 Å². The topological polar surface area (TPSA) is 39.4 Å². The van der Waals surface area contributed by atoms with Crippen molar-refractivity contribution in [1.29, 1.82) is 0 Å². The molecule has 0 radical (unpaired) electrons. The molecule has 0 aliphatic rings. The molecule has 12 rings (SSSR count). The first-order valence-corrected chi connectivity index (χ1v) is 18.7. The third-order valence-electron chi connectivity index (χ3n) is 11.4. The largest absolute Gasteiger partial charge is 0.464 e. The average Bonchev–Trinajstić information content (AvgIpc) is 3.96. The van der Waals surface area contributed by atoms with Gasteiger partial charge in [-0.2, -0.15) is 0 Å². The van der Waals surface area contributed by atoms with E-state index >= 15 is 0 Å². The lowest BCUT2D eigenvalue weighted by atomic mass is 9.83. The number of benzene rings is 9. The summed E-state index contributed by atoms with van der Waals surface area (Å²) in [6.45, 7) is 0. The van der Waals surface area contributed by atoms with E-state index < -0.39 is 0 Å². The van der Waals surface area contributed by atoms with Gasteiger partial charge in [0.25, 0.3) is 0 Å². The maximum atomic E-state index is 6.51. The van der Waals surface area contributed by atoms with E-state index in [1.54, 1.807) is 0 Å². The molecule has 0 saturated carbocycles. The second-order valence-corrected chi connectivity index (χ2v) is 14.3. The lowest BCUT2D eigenvalue weighted by Crippen LogP contribution is -1.92. The van der Waals surface area contributed by atoms with Crippen molar-refractivity contribution in [3.8, 4) is 44.5 Å². The summed E-state index contributed by atoms with van der Waals surface area (Å²) in [4.78, 5) is 0. The van der Waals surface area contributed by atoms with Crippen LogP contribution < -0.4 is 0 Å². The van der Waals surface area contributed by atoms with Crippen LogP contribution in [0.15, 0.2) is 195 Å². The molecule has 3 heterocycles. The minimum Gasteiger partial charge on any atom is -0.464 e. The molecule has 0 N–H and O–H groups in total. The van der Waals surface area contributed by atoms with Gasteiger partial charge in [0.1, 0.15) is 27.9 Å². The van der Waals surface area contributed by atoms with E-state index in [0.29, 0.717) is 0 Å². The highest BCUT2D eigenvalue weighted by Crippen LogP contribution is 2.48. The van der Waals surface area contributed by atoms with E-state index in [1.807, 2.05) is 30.5 Å². The minimum absolute atomic E-state index is 0.825. The molecule has 0 saturated heterocycles. The highest BCUT2D eigenvalue weighted by Gasteiger charge is 2.22. The molecule has 12 aromatic rings. The van der Waals surface area contributed by atoms with Crippen LogP contribution in [0.2, 0.25) is 0 Å². The molecule has 3 aromatic heterocycles. The molecular weight excluding hydrogens is 673 g/mol. The van der Waals surface area contributed by atoms with Gasteiger partial charge in [-0.15, -0.1) is 0 Å². The standard InChI is InChI=1S/C52H30O3/c1-2-15-37(34(12-1)43-30-53-44-21-9-7-14-36(43)44)49-40-18-5-3-16-38(40)48(39-17-4-6-19-41(39)49)32-26-24-31(25-27-32)33-20-11-23-46-50(33)51-47(54-46)29-28-42-35-13-8-10-22-45(35)55-52(42)51/h1-30H. The number of rotatable bonds is 4. The Balaban J connectivity index is 1.06. The summed E-state index contributed by atoms with van der Waals surface area (Å²) >= 11 is 0. The van der Waals surface area contributed by atoms with Crippen molar-refractivity contribution in [2.45, 2.75) is 0 Å². The molecular formula is C52H30O3. The first kappa shape index (κ1) is 30.1. The maximum absolute atomic E-state index is 6.51. The van der Waals surface area contributed by atoms with Crippen LogP contribution in [0.25, 0.3) is 121 Å². The van der Waals surface area contributed by atoms with Crippen molar-refractivity contribution >= 4 is 76.4 Å². The summed E-state index contributed by atoms with van der Waals surface area (Å²) in [6, 6.07) is 62.4. The van der Waals surface area contributed by atoms with Gasteiger partial charge in [0.05, 0.1) is 11.6 Å². The number of hydrogen-bond acceptors (Lipinski definition) is 3. The van der Waals surface area contributed by atoms with E-state index in [2.05, 4.69) is 152 Å². The lowest BCUT2D eigenvalue weighted by Gasteiger charge is -2.19. The van der Waals surface area contributed by atoms with Crippen LogP contribution >= 0.6 is 0 Å². The normalized spacial score (nSPS) is 12.0. The van der Waals surface area contributed by atoms with Crippen molar-refractivity contribution in [3.05, 3.63) is 182 Å². The Morgan fingerprint density at radius 1 is 0.273 bits per heavy atom. The molecule has 0 spiro atoms. The van der Waals surface area contributed by atoms with Gasteiger partial charge < -0.3 is 13.3 Å². The summed E-state index contributed by atoms with van der Waals surface area (Å²) in [5.74, 6) is 0. The molecule has 0 fully saturated rings. The Labute approximate surface area is 315 Å². The Morgan fingerprint density at radius 3 is 1.56 bits per heavy atom. The zero-order valence-electron chi connectivity index (χ0n) is 29.5. The number of hydrogen-bond donors (Lipinski definition) is 0. The summed E-state index contributed by atoms with van der Waals surface area (Å²) in [6.07, 6.45) is 1.90. The fourth-order valence-electron chi connectivity index (χ4n) is 8.99. The smallest absolute Gasteiger partial charge is 0.147 e. The second kappa shape index (κ2) is 11.6. The molecule has 0 amide bonds. The lowest BCUT2D eigenvalue weighted by molar-refractivity contribution is 0.617. The van der Waals surface area contributed by atoms with Gasteiger partial charge >= 0.3 is 0 Å². The van der Waals surface area contributed by atoms with Crippen LogP contribution in [-0.2, 0) is 0 Å². The van der Waals surface area contributed by atoms with Crippen LogP contribution in [0.5, 0.6) is 0 Å². The fraction of sp³-hybridized carbons (Fsp3) is 0. The second-order valence-electron chi connectivity index (χ2n) is 14.3. The van der Waals surface area contributed by atoms with Crippen molar-refractivity contribution in [2.75, 3.05) is 0 Å². The summed E-state index contributed by atoms with van der Waals surface area (Å²) in [7, 11) is 0. The highest BCUT2D eigenvalue weighted by atomic mass is 16.3. The monoisotopic (exact) mass is 702 g/mol. The van der Waals surface area contributed by atoms with E-state index in [-0.39, 0.29) is 0 Å². The highest BCUT2D eigenvalue weighted by molar-refractivity contribution is 6.25. The SMILES string of the molecule is c1ccc(-c2c3ccccc3c(-c3ccc(-c4cccc5oc6ccc7c8ccccc8oc7c6c45)cc3)c3ccccc23)c(-c2coc3ccccc23)c1. The molecule has 3 heteroatoms. The summed E-state index contributed by atoms with van der Waals surface area (Å²) in [5.41, 5.74) is 13.6. The Hall–Kier alpha value is -7.36. The molecule has 256 valence electrons. The minimum atomic E-state index is 0.825. The molecule has 3 nitrogen and oxygen atoms in total. The predicted molar refractivity (Wildman–Crippen MR) is 228 cm³/mol. The van der Waals surface area contributed by atoms with E-state index in [4.69, 9.17) is 13.3 Å². The number of furan rings is 3. The van der Waals surface area contributed by atoms with Gasteiger partial charge in [-0.25, -0.2) is 0 Å². The van der Waals surface area contributed by atoms with Gasteiger partial charge in [0.2, 0.25) is 0 Å².